The molecule has 0 unspecified atom stereocenters. The number of thiophene rings is 1. The van der Waals surface area contributed by atoms with E-state index in [1.165, 1.54) is 11.3 Å². The van der Waals surface area contributed by atoms with Crippen LogP contribution in [0.4, 0.5) is 5.69 Å². The summed E-state index contributed by atoms with van der Waals surface area (Å²) in [4.78, 5) is 12.2. The zero-order chi connectivity index (χ0) is 15.2. The summed E-state index contributed by atoms with van der Waals surface area (Å²) >= 11 is 1.52. The van der Waals surface area contributed by atoms with Gasteiger partial charge in [-0.15, -0.1) is 0 Å². The lowest BCUT2D eigenvalue weighted by Gasteiger charge is -2.08. The van der Waals surface area contributed by atoms with Crippen molar-refractivity contribution in [2.45, 2.75) is 20.3 Å². The molecule has 0 radical (unpaired) electrons. The fourth-order valence-electron chi connectivity index (χ4n) is 1.84. The number of benzene rings is 1. The molecule has 0 aliphatic carbocycles. The Morgan fingerprint density at radius 3 is 2.76 bits per heavy atom. The number of carbonyl (C=O) groups excluding carboxylic acids is 1. The number of rotatable bonds is 3. The summed E-state index contributed by atoms with van der Waals surface area (Å²) in [6, 6.07) is 5.70. The first-order chi connectivity index (χ1) is 10.1. The number of hydrogen-bond donors (Lipinski definition) is 2. The largest absolute Gasteiger partial charge is 0.395 e. The van der Waals surface area contributed by atoms with Crippen LogP contribution in [0.1, 0.15) is 33.5 Å². The molecule has 3 nitrogen and oxygen atoms in total. The maximum absolute atomic E-state index is 12.2. The SMILES string of the molecule is Cc1ccc(C#CCCO)cc1NC(=O)c1cscc1C. The minimum absolute atomic E-state index is 0.0554. The number of aliphatic hydroxyl groups is 1. The van der Waals surface area contributed by atoms with Gasteiger partial charge in [-0.1, -0.05) is 17.9 Å². The maximum Gasteiger partial charge on any atom is 0.256 e. The third-order valence-electron chi connectivity index (χ3n) is 3.06. The van der Waals surface area contributed by atoms with E-state index < -0.39 is 0 Å². The van der Waals surface area contributed by atoms with Crippen LogP contribution in [0.25, 0.3) is 0 Å². The molecule has 1 aromatic heterocycles. The van der Waals surface area contributed by atoms with E-state index in [4.69, 9.17) is 5.11 Å². The zero-order valence-corrected chi connectivity index (χ0v) is 12.9. The van der Waals surface area contributed by atoms with E-state index in [-0.39, 0.29) is 12.5 Å². The fourth-order valence-corrected chi connectivity index (χ4v) is 2.67. The standard InChI is InChI=1S/C17H17NO2S/c1-12-6-7-14(5-3-4-8-19)9-16(12)18-17(20)15-11-21-10-13(15)2/h6-7,9-11,19H,4,8H2,1-2H3,(H,18,20). The molecule has 2 aromatic rings. The monoisotopic (exact) mass is 299 g/mol. The van der Waals surface area contributed by atoms with Crippen molar-refractivity contribution < 1.29 is 9.90 Å². The molecule has 0 saturated heterocycles. The van der Waals surface area contributed by atoms with Gasteiger partial charge in [-0.25, -0.2) is 0 Å². The predicted molar refractivity (Wildman–Crippen MR) is 86.8 cm³/mol. The molecule has 2 N–H and O–H groups in total. The van der Waals surface area contributed by atoms with Gasteiger partial charge in [-0.3, -0.25) is 4.79 Å². The maximum atomic E-state index is 12.2. The molecule has 1 amide bonds. The summed E-state index contributed by atoms with van der Waals surface area (Å²) in [5.74, 6) is 5.75. The molecule has 0 atom stereocenters. The van der Waals surface area contributed by atoms with Crippen molar-refractivity contribution in [2.75, 3.05) is 11.9 Å². The quantitative estimate of drug-likeness (QED) is 0.854. The summed E-state index contributed by atoms with van der Waals surface area (Å²) < 4.78 is 0. The van der Waals surface area contributed by atoms with Crippen LogP contribution in [0.2, 0.25) is 0 Å². The normalized spacial score (nSPS) is 9.86. The van der Waals surface area contributed by atoms with Crippen LogP contribution in [-0.2, 0) is 0 Å². The van der Waals surface area contributed by atoms with Crippen LogP contribution in [0.3, 0.4) is 0 Å². The highest BCUT2D eigenvalue weighted by Crippen LogP contribution is 2.20. The Bertz CT molecular complexity index is 707. The van der Waals surface area contributed by atoms with E-state index in [2.05, 4.69) is 17.2 Å². The highest BCUT2D eigenvalue weighted by atomic mass is 32.1. The molecule has 0 fully saturated rings. The Morgan fingerprint density at radius 1 is 1.29 bits per heavy atom. The third kappa shape index (κ3) is 3.94. The number of carbonyl (C=O) groups is 1. The third-order valence-corrected chi connectivity index (χ3v) is 3.92. The number of nitrogens with one attached hydrogen (secondary N) is 1. The van der Waals surface area contributed by atoms with Gasteiger partial charge in [0, 0.05) is 23.1 Å². The van der Waals surface area contributed by atoms with Crippen molar-refractivity contribution in [3.8, 4) is 11.8 Å². The van der Waals surface area contributed by atoms with Gasteiger partial charge < -0.3 is 10.4 Å². The molecular formula is C17H17NO2S. The van der Waals surface area contributed by atoms with Crippen LogP contribution in [0.15, 0.2) is 29.0 Å². The van der Waals surface area contributed by atoms with Gasteiger partial charge in [0.25, 0.3) is 5.91 Å². The first-order valence-electron chi connectivity index (χ1n) is 6.66. The molecule has 2 rings (SSSR count). The Hall–Kier alpha value is -2.09. The Kier molecular flexibility index (Phi) is 5.15. The smallest absolute Gasteiger partial charge is 0.256 e. The second-order valence-corrected chi connectivity index (χ2v) is 5.47. The summed E-state index contributed by atoms with van der Waals surface area (Å²) in [7, 11) is 0. The lowest BCUT2D eigenvalue weighted by atomic mass is 10.1. The van der Waals surface area contributed by atoms with E-state index in [1.807, 2.05) is 42.8 Å². The molecule has 21 heavy (non-hydrogen) atoms. The molecule has 0 spiro atoms. The van der Waals surface area contributed by atoms with Crippen molar-refractivity contribution in [1.82, 2.24) is 0 Å². The zero-order valence-electron chi connectivity index (χ0n) is 12.1. The highest BCUT2D eigenvalue weighted by molar-refractivity contribution is 7.08. The van der Waals surface area contributed by atoms with Crippen LogP contribution in [0.5, 0.6) is 0 Å². The Morgan fingerprint density at radius 2 is 2.10 bits per heavy atom. The van der Waals surface area contributed by atoms with E-state index >= 15 is 0 Å². The van der Waals surface area contributed by atoms with Crippen molar-refractivity contribution >= 4 is 22.9 Å². The molecule has 0 aliphatic rings. The average molecular weight is 299 g/mol. The number of hydrogen-bond acceptors (Lipinski definition) is 3. The number of aliphatic hydroxyl groups excluding tert-OH is 1. The average Bonchev–Trinajstić information content (AvgIpc) is 2.89. The van der Waals surface area contributed by atoms with Crippen molar-refractivity contribution in [3.05, 3.63) is 51.2 Å². The van der Waals surface area contributed by atoms with Gasteiger partial charge in [-0.2, -0.15) is 11.3 Å². The molecule has 4 heteroatoms. The van der Waals surface area contributed by atoms with Crippen molar-refractivity contribution in [1.29, 1.82) is 0 Å². The van der Waals surface area contributed by atoms with Crippen molar-refractivity contribution in [2.24, 2.45) is 0 Å². The van der Waals surface area contributed by atoms with E-state index in [1.54, 1.807) is 0 Å². The molecule has 108 valence electrons. The predicted octanol–water partition coefficient (Wildman–Crippen LogP) is 3.35. The Balaban J connectivity index is 2.20. The summed E-state index contributed by atoms with van der Waals surface area (Å²) in [5.41, 5.74) is 4.27. The highest BCUT2D eigenvalue weighted by Gasteiger charge is 2.11. The lowest BCUT2D eigenvalue weighted by molar-refractivity contribution is 0.102. The van der Waals surface area contributed by atoms with Gasteiger partial charge in [0.05, 0.1) is 12.2 Å². The molecule has 1 heterocycles. The molecular weight excluding hydrogens is 282 g/mol. The van der Waals surface area contributed by atoms with Crippen LogP contribution in [0, 0.1) is 25.7 Å². The number of aryl methyl sites for hydroxylation is 2. The van der Waals surface area contributed by atoms with E-state index in [0.717, 1.165) is 22.4 Å². The van der Waals surface area contributed by atoms with Gasteiger partial charge in [0.15, 0.2) is 0 Å². The van der Waals surface area contributed by atoms with Crippen molar-refractivity contribution in [3.63, 3.8) is 0 Å². The minimum atomic E-state index is -0.0997. The first-order valence-corrected chi connectivity index (χ1v) is 7.60. The second-order valence-electron chi connectivity index (χ2n) is 4.73. The van der Waals surface area contributed by atoms with Crippen LogP contribution in [-0.4, -0.2) is 17.6 Å². The van der Waals surface area contributed by atoms with Crippen LogP contribution >= 0.6 is 11.3 Å². The minimum Gasteiger partial charge on any atom is -0.395 e. The molecule has 0 bridgehead atoms. The number of amides is 1. The molecule has 0 saturated carbocycles. The molecule has 0 aliphatic heterocycles. The lowest BCUT2D eigenvalue weighted by Crippen LogP contribution is -2.13. The first kappa shape index (κ1) is 15.3. The van der Waals surface area contributed by atoms with Gasteiger partial charge in [0.1, 0.15) is 0 Å². The Labute approximate surface area is 128 Å². The van der Waals surface area contributed by atoms with Gasteiger partial charge in [-0.05, 0) is 42.5 Å². The summed E-state index contributed by atoms with van der Waals surface area (Å²) in [6.07, 6.45) is 0.448. The molecule has 1 aromatic carbocycles. The fraction of sp³-hybridized carbons (Fsp3) is 0.235. The van der Waals surface area contributed by atoms with E-state index in [0.29, 0.717) is 12.0 Å². The van der Waals surface area contributed by atoms with Gasteiger partial charge >= 0.3 is 0 Å². The summed E-state index contributed by atoms with van der Waals surface area (Å²) in [5, 5.41) is 15.5. The topological polar surface area (TPSA) is 49.3 Å². The second kappa shape index (κ2) is 7.07. The summed E-state index contributed by atoms with van der Waals surface area (Å²) in [6.45, 7) is 3.93. The van der Waals surface area contributed by atoms with Gasteiger partial charge in [0.2, 0.25) is 0 Å². The number of anilines is 1. The van der Waals surface area contributed by atoms with Crippen LogP contribution < -0.4 is 5.32 Å². The van der Waals surface area contributed by atoms with E-state index in [9.17, 15) is 4.79 Å².